The van der Waals surface area contributed by atoms with Gasteiger partial charge in [-0.3, -0.25) is 4.79 Å². The Hall–Kier alpha value is -3.93. The van der Waals surface area contributed by atoms with E-state index in [0.717, 1.165) is 39.6 Å². The predicted octanol–water partition coefficient (Wildman–Crippen LogP) is 7.32. The molecule has 0 aliphatic rings. The van der Waals surface area contributed by atoms with Crippen molar-refractivity contribution in [3.05, 3.63) is 93.3 Å². The van der Waals surface area contributed by atoms with Gasteiger partial charge in [0.25, 0.3) is 0 Å². The third-order valence-corrected chi connectivity index (χ3v) is 7.78. The van der Waals surface area contributed by atoms with Crippen LogP contribution >= 0.6 is 0 Å². The smallest absolute Gasteiger partial charge is 0.248 e. The van der Waals surface area contributed by atoms with Crippen LogP contribution in [0, 0.1) is 12.3 Å². The molecule has 6 heteroatoms. The van der Waals surface area contributed by atoms with E-state index in [1.807, 2.05) is 43.3 Å². The Kier molecular flexibility index (Phi) is 6.21. The lowest BCUT2D eigenvalue weighted by atomic mass is 9.70. The van der Waals surface area contributed by atoms with Crippen LogP contribution in [0.4, 0.5) is 0 Å². The highest BCUT2D eigenvalue weighted by Gasteiger charge is 2.33. The Morgan fingerprint density at radius 2 is 1.49 bits per heavy atom. The van der Waals surface area contributed by atoms with E-state index in [4.69, 9.17) is 10.2 Å². The highest BCUT2D eigenvalue weighted by atomic mass is 16.3. The summed E-state index contributed by atoms with van der Waals surface area (Å²) in [6.45, 7) is 17.5. The van der Waals surface area contributed by atoms with Crippen LogP contribution < -0.4 is 5.56 Å². The summed E-state index contributed by atoms with van der Waals surface area (Å²) < 4.78 is 0. The van der Waals surface area contributed by atoms with E-state index >= 15 is 0 Å². The van der Waals surface area contributed by atoms with Crippen LogP contribution in [-0.4, -0.2) is 25.1 Å². The van der Waals surface area contributed by atoms with E-state index in [2.05, 4.69) is 71.6 Å². The summed E-state index contributed by atoms with van der Waals surface area (Å²) in [4.78, 5) is 16.5. The van der Waals surface area contributed by atoms with Crippen molar-refractivity contribution >= 4 is 21.9 Å². The van der Waals surface area contributed by atoms with E-state index < -0.39 is 5.41 Å². The van der Waals surface area contributed by atoms with Crippen LogP contribution in [0.1, 0.15) is 77.1 Å². The summed E-state index contributed by atoms with van der Waals surface area (Å²) in [5, 5.41) is 22.3. The molecule has 2 heterocycles. The first-order valence-corrected chi connectivity index (χ1v) is 13.5. The molecule has 5 rings (SSSR count). The van der Waals surface area contributed by atoms with Crippen molar-refractivity contribution in [2.24, 2.45) is 5.41 Å². The number of nitrogens with zero attached hydrogens (tertiary/aromatic N) is 3. The lowest BCUT2D eigenvalue weighted by molar-refractivity contribution is 0.283. The summed E-state index contributed by atoms with van der Waals surface area (Å²) >= 11 is 0. The Bertz CT molecular complexity index is 1750. The second kappa shape index (κ2) is 9.08. The molecule has 2 aromatic heterocycles. The number of pyridine rings is 1. The molecule has 3 aromatic carbocycles. The molecule has 0 amide bonds. The van der Waals surface area contributed by atoms with Gasteiger partial charge in [-0.1, -0.05) is 84.9 Å². The monoisotopic (exact) mass is 522 g/mol. The Morgan fingerprint density at radius 1 is 0.846 bits per heavy atom. The van der Waals surface area contributed by atoms with Crippen LogP contribution in [0.2, 0.25) is 0 Å². The minimum absolute atomic E-state index is 0.115. The maximum Gasteiger partial charge on any atom is 0.248 e. The van der Waals surface area contributed by atoms with E-state index in [-0.39, 0.29) is 22.1 Å². The largest absolute Gasteiger partial charge is 0.505 e. The quantitative estimate of drug-likeness (QED) is 0.253. The van der Waals surface area contributed by atoms with Crippen LogP contribution in [0.3, 0.4) is 0 Å². The molecule has 0 aliphatic heterocycles. The standard InChI is InChI=1S/C33H38N4O2/c1-20-14-29(38)34-25-18-27-26(17-23(20)25)35-37(36-27)28-16-22(32(5,6)19-31(2,3)4)15-24(30(28)39)33(7,8)21-12-10-9-11-13-21/h9-18,39H,19H2,1-8H3,(H,34,38). The number of aromatic hydroxyl groups is 1. The van der Waals surface area contributed by atoms with Crippen LogP contribution in [0.15, 0.2) is 65.5 Å². The maximum absolute atomic E-state index is 12.1. The van der Waals surface area contributed by atoms with Gasteiger partial charge in [-0.15, -0.1) is 15.0 Å². The minimum Gasteiger partial charge on any atom is -0.505 e. The highest BCUT2D eigenvalue weighted by molar-refractivity contribution is 5.94. The van der Waals surface area contributed by atoms with Gasteiger partial charge in [0.05, 0.1) is 5.52 Å². The molecule has 0 radical (unpaired) electrons. The van der Waals surface area contributed by atoms with Gasteiger partial charge >= 0.3 is 0 Å². The van der Waals surface area contributed by atoms with E-state index in [1.165, 1.54) is 4.80 Å². The van der Waals surface area contributed by atoms with Crippen molar-refractivity contribution in [3.8, 4) is 11.4 Å². The molecule has 39 heavy (non-hydrogen) atoms. The predicted molar refractivity (Wildman–Crippen MR) is 159 cm³/mol. The highest BCUT2D eigenvalue weighted by Crippen LogP contribution is 2.44. The third-order valence-electron chi connectivity index (χ3n) is 7.78. The molecular weight excluding hydrogens is 484 g/mol. The van der Waals surface area contributed by atoms with Gasteiger partial charge < -0.3 is 10.1 Å². The van der Waals surface area contributed by atoms with E-state index in [1.54, 1.807) is 6.07 Å². The number of aromatic amines is 1. The summed E-state index contributed by atoms with van der Waals surface area (Å²) in [7, 11) is 0. The number of hydrogen-bond donors (Lipinski definition) is 2. The fourth-order valence-corrected chi connectivity index (χ4v) is 6.02. The summed E-state index contributed by atoms with van der Waals surface area (Å²) in [6, 6.07) is 19.8. The number of aromatic nitrogens is 4. The number of aryl methyl sites for hydroxylation is 1. The number of phenolic OH excluding ortho intramolecular Hbond substituents is 1. The number of H-pyrrole nitrogens is 1. The van der Waals surface area contributed by atoms with Crippen molar-refractivity contribution < 1.29 is 5.11 Å². The molecule has 0 bridgehead atoms. The molecule has 0 saturated heterocycles. The molecule has 202 valence electrons. The average molecular weight is 523 g/mol. The number of rotatable bonds is 5. The maximum atomic E-state index is 12.1. The van der Waals surface area contributed by atoms with Crippen molar-refractivity contribution in [1.82, 2.24) is 20.0 Å². The lowest BCUT2D eigenvalue weighted by Gasteiger charge is -2.35. The third kappa shape index (κ3) is 4.96. The molecule has 2 N–H and O–H groups in total. The molecule has 0 saturated carbocycles. The number of benzene rings is 3. The van der Waals surface area contributed by atoms with Gasteiger partial charge in [-0.05, 0) is 59.1 Å². The molecule has 6 nitrogen and oxygen atoms in total. The van der Waals surface area contributed by atoms with Gasteiger partial charge in [-0.2, -0.15) is 0 Å². The van der Waals surface area contributed by atoms with Gasteiger partial charge in [0.2, 0.25) is 5.56 Å². The topological polar surface area (TPSA) is 83.8 Å². The fraction of sp³-hybridized carbons (Fsp3) is 0.364. The van der Waals surface area contributed by atoms with Crippen LogP contribution in [-0.2, 0) is 10.8 Å². The number of fused-ring (bicyclic) bond motifs is 2. The first-order chi connectivity index (χ1) is 18.2. The molecule has 0 fully saturated rings. The zero-order valence-corrected chi connectivity index (χ0v) is 24.2. The van der Waals surface area contributed by atoms with E-state index in [0.29, 0.717) is 16.7 Å². The number of hydrogen-bond acceptors (Lipinski definition) is 4. The molecular formula is C33H38N4O2. The zero-order chi connectivity index (χ0) is 28.3. The molecule has 0 aliphatic carbocycles. The number of nitrogens with one attached hydrogen (secondary N) is 1. The summed E-state index contributed by atoms with van der Waals surface area (Å²) in [5.41, 5.74) is 5.87. The molecule has 0 spiro atoms. The summed E-state index contributed by atoms with van der Waals surface area (Å²) in [6.07, 6.45) is 0.960. The Labute approximate surface area is 229 Å². The van der Waals surface area contributed by atoms with Crippen LogP contribution in [0.5, 0.6) is 5.75 Å². The van der Waals surface area contributed by atoms with E-state index in [9.17, 15) is 9.90 Å². The molecule has 0 atom stereocenters. The van der Waals surface area contributed by atoms with Gasteiger partial charge in [0.15, 0.2) is 0 Å². The van der Waals surface area contributed by atoms with Gasteiger partial charge in [0.1, 0.15) is 22.5 Å². The Balaban J connectivity index is 1.76. The average Bonchev–Trinajstić information content (AvgIpc) is 3.24. The second-order valence-corrected chi connectivity index (χ2v) is 13.2. The second-order valence-electron chi connectivity index (χ2n) is 13.2. The van der Waals surface area contributed by atoms with Gasteiger partial charge in [-0.25, -0.2) is 0 Å². The zero-order valence-electron chi connectivity index (χ0n) is 24.2. The van der Waals surface area contributed by atoms with Crippen molar-refractivity contribution in [3.63, 3.8) is 0 Å². The summed E-state index contributed by atoms with van der Waals surface area (Å²) in [5.74, 6) is 0.161. The van der Waals surface area contributed by atoms with Crippen molar-refractivity contribution in [1.29, 1.82) is 0 Å². The first-order valence-electron chi connectivity index (χ1n) is 13.5. The van der Waals surface area contributed by atoms with Crippen LogP contribution in [0.25, 0.3) is 27.6 Å². The first kappa shape index (κ1) is 26.7. The normalized spacial score (nSPS) is 12.9. The molecule has 0 unspecified atom stereocenters. The van der Waals surface area contributed by atoms with Crippen molar-refractivity contribution in [2.75, 3.05) is 0 Å². The SMILES string of the molecule is Cc1cc(=O)[nH]c2cc3nn(-c4cc(C(C)(C)CC(C)(C)C)cc(C(C)(C)c5ccccc5)c4O)nc3cc12. The number of phenols is 1. The Morgan fingerprint density at radius 3 is 2.13 bits per heavy atom. The fourth-order valence-electron chi connectivity index (χ4n) is 6.02. The lowest BCUT2D eigenvalue weighted by Crippen LogP contribution is -2.27. The molecule has 5 aromatic rings. The van der Waals surface area contributed by atoms with Crippen molar-refractivity contribution in [2.45, 2.75) is 72.6 Å². The minimum atomic E-state index is -0.466. The van der Waals surface area contributed by atoms with Gasteiger partial charge in [0, 0.05) is 22.4 Å².